The summed E-state index contributed by atoms with van der Waals surface area (Å²) in [5, 5.41) is 3.56. The summed E-state index contributed by atoms with van der Waals surface area (Å²) >= 11 is -2.48. The Morgan fingerprint density at radius 2 is 1.52 bits per heavy atom. The van der Waals surface area contributed by atoms with E-state index >= 15 is 0 Å². The number of anilines is 2. The Hall–Kier alpha value is -1.13. The second kappa shape index (κ2) is 4.43. The van der Waals surface area contributed by atoms with Crippen LogP contribution in [0, 0.1) is 0 Å². The van der Waals surface area contributed by atoms with E-state index in [0.29, 0.717) is 0 Å². The molecule has 108 valence electrons. The number of benzene rings is 2. The Bertz CT molecular complexity index is 686. The fraction of sp³-hybridized carbons (Fsp3) is 0.200. The van der Waals surface area contributed by atoms with Crippen LogP contribution in [0.25, 0.3) is 0 Å². The standard InChI is InChI=1S/C12H9N2O2P.3CH3.Sn/c1-3-7-11-9(5-1)13-17(15-11)14-10-6-2-4-8-12(10)16-17;;;;/h1-8,13H;3*1H3;/q;;;;+1. The van der Waals surface area contributed by atoms with E-state index < -0.39 is 26.7 Å². The van der Waals surface area contributed by atoms with Crippen molar-refractivity contribution in [2.24, 2.45) is 0 Å². The molecule has 1 spiro atoms. The SMILES string of the molecule is [CH3][Sn]([CH3])([CH3])[N]1c2ccccc2O[P+]12Nc1ccccc1O2. The van der Waals surface area contributed by atoms with Crippen LogP contribution in [0.3, 0.4) is 0 Å². The molecule has 2 aromatic rings. The zero-order valence-corrected chi connectivity index (χ0v) is 16.1. The van der Waals surface area contributed by atoms with Gasteiger partial charge in [0.05, 0.1) is 0 Å². The number of rotatable bonds is 1. The first-order chi connectivity index (χ1) is 10.00. The molecule has 1 N–H and O–H groups in total. The molecule has 1 atom stereocenters. The van der Waals surface area contributed by atoms with Crippen LogP contribution in [0.5, 0.6) is 11.5 Å². The van der Waals surface area contributed by atoms with Gasteiger partial charge in [0.15, 0.2) is 0 Å². The van der Waals surface area contributed by atoms with Gasteiger partial charge in [-0.3, -0.25) is 0 Å². The molecule has 21 heavy (non-hydrogen) atoms. The first-order valence-corrected chi connectivity index (χ1v) is 18.5. The van der Waals surface area contributed by atoms with Gasteiger partial charge < -0.3 is 0 Å². The van der Waals surface area contributed by atoms with Gasteiger partial charge in [0, 0.05) is 0 Å². The second-order valence-corrected chi connectivity index (χ2v) is 23.0. The number of nitrogens with one attached hydrogen (secondary N) is 1. The summed E-state index contributed by atoms with van der Waals surface area (Å²) in [6.07, 6.45) is 0. The molecule has 0 aliphatic carbocycles. The Kier molecular flexibility index (Phi) is 2.85. The molecule has 2 aromatic carbocycles. The number of fused-ring (bicyclic) bond motifs is 2. The van der Waals surface area contributed by atoms with Crippen molar-refractivity contribution in [1.82, 2.24) is 0 Å². The first kappa shape index (κ1) is 13.5. The molecular formula is C15H18N2O2PSn+. The molecule has 2 heterocycles. The van der Waals surface area contributed by atoms with Crippen molar-refractivity contribution in [1.29, 1.82) is 0 Å². The third-order valence-electron chi connectivity index (χ3n) is 3.59. The maximum absolute atomic E-state index is 6.33. The topological polar surface area (TPSA) is 33.7 Å². The molecule has 1 unspecified atom stereocenters. The monoisotopic (exact) mass is 409 g/mol. The van der Waals surface area contributed by atoms with Gasteiger partial charge in [-0.25, -0.2) is 0 Å². The third kappa shape index (κ3) is 2.00. The predicted molar refractivity (Wildman–Crippen MR) is 90.5 cm³/mol. The summed E-state index contributed by atoms with van der Waals surface area (Å²) in [5.74, 6) is 1.82. The third-order valence-corrected chi connectivity index (χ3v) is 16.3. The van der Waals surface area contributed by atoms with Gasteiger partial charge in [-0.2, -0.15) is 0 Å². The normalized spacial score (nSPS) is 22.3. The molecular weight excluding hydrogens is 390 g/mol. The van der Waals surface area contributed by atoms with Crippen molar-refractivity contribution >= 4 is 38.0 Å². The number of para-hydroxylation sites is 4. The Labute approximate surface area is 129 Å². The van der Waals surface area contributed by atoms with Crippen molar-refractivity contribution in [2.45, 2.75) is 14.8 Å². The average Bonchev–Trinajstić information content (AvgIpc) is 2.93. The molecule has 0 saturated heterocycles. The van der Waals surface area contributed by atoms with E-state index in [2.05, 4.69) is 34.9 Å². The van der Waals surface area contributed by atoms with Crippen molar-refractivity contribution in [2.75, 3.05) is 7.98 Å². The van der Waals surface area contributed by atoms with Crippen LogP contribution in [-0.4, -0.2) is 18.7 Å². The van der Waals surface area contributed by atoms with E-state index in [-0.39, 0.29) is 0 Å². The maximum atomic E-state index is 6.33. The van der Waals surface area contributed by atoms with Gasteiger partial charge in [0.25, 0.3) is 0 Å². The van der Waals surface area contributed by atoms with Crippen molar-refractivity contribution in [3.63, 3.8) is 0 Å². The second-order valence-electron chi connectivity index (χ2n) is 6.26. The molecule has 0 fully saturated rings. The molecule has 6 heteroatoms. The van der Waals surface area contributed by atoms with Crippen molar-refractivity contribution in [3.05, 3.63) is 48.5 Å². The Morgan fingerprint density at radius 1 is 0.905 bits per heavy atom. The van der Waals surface area contributed by atoms with Crippen LogP contribution >= 0.6 is 8.02 Å². The number of hydrogen-bond donors (Lipinski definition) is 1. The van der Waals surface area contributed by atoms with Gasteiger partial charge >= 0.3 is 130 Å². The van der Waals surface area contributed by atoms with Gasteiger partial charge in [0.2, 0.25) is 0 Å². The molecule has 0 amide bonds. The van der Waals surface area contributed by atoms with Crippen LogP contribution < -0.4 is 17.0 Å². The van der Waals surface area contributed by atoms with Crippen LogP contribution in [0.1, 0.15) is 0 Å². The predicted octanol–water partition coefficient (Wildman–Crippen LogP) is 4.90. The Morgan fingerprint density at radius 3 is 2.24 bits per heavy atom. The van der Waals surface area contributed by atoms with Crippen LogP contribution in [-0.2, 0) is 0 Å². The minimum absolute atomic E-state index is 0.888. The zero-order valence-electron chi connectivity index (χ0n) is 12.3. The fourth-order valence-electron chi connectivity index (χ4n) is 2.86. The summed E-state index contributed by atoms with van der Waals surface area (Å²) in [5.41, 5.74) is 2.20. The summed E-state index contributed by atoms with van der Waals surface area (Å²) in [7, 11) is -2.32. The quantitative estimate of drug-likeness (QED) is 0.538. The number of nitrogens with zero attached hydrogens (tertiary/aromatic N) is 1. The van der Waals surface area contributed by atoms with Crippen LogP contribution in [0.4, 0.5) is 11.4 Å². The average molecular weight is 408 g/mol. The van der Waals surface area contributed by atoms with E-state index in [1.165, 1.54) is 5.69 Å². The molecule has 4 rings (SSSR count). The molecule has 2 aliphatic rings. The molecule has 4 nitrogen and oxygen atoms in total. The number of hydrogen-bond acceptors (Lipinski definition) is 4. The van der Waals surface area contributed by atoms with E-state index in [0.717, 1.165) is 17.2 Å². The van der Waals surface area contributed by atoms with E-state index in [9.17, 15) is 0 Å². The zero-order chi connectivity index (χ0) is 14.7. The summed E-state index contributed by atoms with van der Waals surface area (Å²) in [4.78, 5) is 7.15. The Balaban J connectivity index is 1.85. The summed E-state index contributed by atoms with van der Waals surface area (Å²) in [6.45, 7) is 0. The summed E-state index contributed by atoms with van der Waals surface area (Å²) in [6, 6.07) is 16.3. The van der Waals surface area contributed by atoms with Gasteiger partial charge in [0.1, 0.15) is 0 Å². The van der Waals surface area contributed by atoms with Crippen molar-refractivity contribution in [3.8, 4) is 11.5 Å². The molecule has 0 bridgehead atoms. The van der Waals surface area contributed by atoms with Gasteiger partial charge in [-0.15, -0.1) is 0 Å². The first-order valence-electron chi connectivity index (χ1n) is 7.05. The molecule has 0 aromatic heterocycles. The fourth-order valence-corrected chi connectivity index (χ4v) is 16.3. The van der Waals surface area contributed by atoms with E-state index in [1.54, 1.807) is 0 Å². The van der Waals surface area contributed by atoms with Gasteiger partial charge in [-0.1, -0.05) is 0 Å². The van der Waals surface area contributed by atoms with E-state index in [4.69, 9.17) is 9.05 Å². The van der Waals surface area contributed by atoms with Crippen LogP contribution in [0.15, 0.2) is 48.5 Å². The van der Waals surface area contributed by atoms with Crippen molar-refractivity contribution < 1.29 is 9.05 Å². The molecule has 2 aliphatic heterocycles. The van der Waals surface area contributed by atoms with Crippen LogP contribution in [0.2, 0.25) is 14.8 Å². The minimum atomic E-state index is -2.48. The molecule has 0 saturated carbocycles. The molecule has 0 radical (unpaired) electrons. The van der Waals surface area contributed by atoms with Gasteiger partial charge in [-0.05, 0) is 0 Å². The summed E-state index contributed by atoms with van der Waals surface area (Å²) < 4.78 is 15.1. The van der Waals surface area contributed by atoms with E-state index in [1.807, 2.05) is 36.4 Å².